The molecule has 0 spiro atoms. The van der Waals surface area contributed by atoms with Crippen LogP contribution in [0, 0.1) is 47.3 Å². The Labute approximate surface area is 491 Å². The summed E-state index contributed by atoms with van der Waals surface area (Å²) in [6.07, 6.45) is 3.19. The number of aromatic hydroxyl groups is 1. The zero-order valence-electron chi connectivity index (χ0n) is 51.8. The van der Waals surface area contributed by atoms with Crippen LogP contribution in [0.3, 0.4) is 0 Å². The lowest BCUT2D eigenvalue weighted by molar-refractivity contribution is -0.143. The van der Waals surface area contributed by atoms with Gasteiger partial charge < -0.3 is 63.8 Å². The number of aliphatic carboxylic acids is 1. The lowest BCUT2D eigenvalue weighted by Gasteiger charge is -2.31. The number of hydrogen-bond donors (Lipinski definition) is 12. The molecule has 9 amide bonds. The predicted octanol–water partition coefficient (Wildman–Crippen LogP) is 3.66. The van der Waals surface area contributed by atoms with Crippen molar-refractivity contribution in [3.05, 3.63) is 29.8 Å². The minimum absolute atomic E-state index is 0.00348. The van der Waals surface area contributed by atoms with Crippen molar-refractivity contribution in [1.82, 2.24) is 47.9 Å². The molecule has 0 saturated heterocycles. The number of carboxylic acid groups (broad SMARTS) is 1. The van der Waals surface area contributed by atoms with E-state index in [0.717, 1.165) is 0 Å². The van der Waals surface area contributed by atoms with Crippen LogP contribution in [-0.4, -0.2) is 142 Å². The number of nitrogens with one attached hydrogen (secondary N) is 9. The van der Waals surface area contributed by atoms with E-state index >= 15 is 0 Å². The van der Waals surface area contributed by atoms with E-state index in [9.17, 15) is 58.2 Å². The van der Waals surface area contributed by atoms with E-state index in [1.165, 1.54) is 23.9 Å². The van der Waals surface area contributed by atoms with Gasteiger partial charge in [0, 0.05) is 6.42 Å². The van der Waals surface area contributed by atoms with E-state index in [0.29, 0.717) is 17.7 Å². The number of carbonyl (C=O) groups is 10. The summed E-state index contributed by atoms with van der Waals surface area (Å²) >= 11 is 1.42. The fourth-order valence-corrected chi connectivity index (χ4v) is 9.33. The molecular weight excluding hydrogens is 1070 g/mol. The van der Waals surface area contributed by atoms with Crippen molar-refractivity contribution in [1.29, 1.82) is 0 Å². The van der Waals surface area contributed by atoms with Crippen LogP contribution >= 0.6 is 11.8 Å². The molecule has 0 aliphatic rings. The van der Waals surface area contributed by atoms with Gasteiger partial charge in [-0.3, -0.25) is 43.2 Å². The number of amides is 9. The standard InChI is InChI=1S/C59H102N10O12S/c1-18-37(16)46(60)55(76)63-44(29-38-19-21-39(70)22-20-38)54(75)69-49(36(14)15)58(79)65-43(27-32(6)7)53(74)67-47(34(10)11)56(77)61-40(23-24-82-17)50(71)62-42(26-31(4)5)52(73)68-48(35(12)13)57(78)64-41(25-30(2)3)51(72)66-45(59(80)81)28-33(8)9/h19-22,30-37,40-49,70H,18,23-29,60H2,1-17H3,(H,61,77)(H,62,71)(H,63,76)(H,64,78)(H,65,79)(H,66,72)(H,67,74)(H,68,73)(H,69,75)(H,80,81)/t37-,40-,41-,42-,43-,44-,45-,46-,47-,48-,49-/m0/s1. The van der Waals surface area contributed by atoms with E-state index in [2.05, 4.69) is 47.9 Å². The smallest absolute Gasteiger partial charge is 0.326 e. The van der Waals surface area contributed by atoms with Crippen LogP contribution in [0.1, 0.15) is 155 Å². The molecule has 0 unspecified atom stereocenters. The Balaban J connectivity index is 3.46. The highest BCUT2D eigenvalue weighted by Crippen LogP contribution is 2.17. The zero-order chi connectivity index (χ0) is 62.9. The first kappa shape index (κ1) is 74.0. The molecule has 23 heteroatoms. The van der Waals surface area contributed by atoms with Crippen molar-refractivity contribution in [3.8, 4) is 5.75 Å². The summed E-state index contributed by atoms with van der Waals surface area (Å²) < 4.78 is 0. The number of phenols is 1. The zero-order valence-corrected chi connectivity index (χ0v) is 52.6. The molecule has 466 valence electrons. The van der Waals surface area contributed by atoms with Crippen LogP contribution in [0.5, 0.6) is 5.75 Å². The Kier molecular flexibility index (Phi) is 33.0. The predicted molar refractivity (Wildman–Crippen MR) is 320 cm³/mol. The Morgan fingerprint density at radius 1 is 0.439 bits per heavy atom. The Hall–Kier alpha value is -5.97. The maximum Gasteiger partial charge on any atom is 0.326 e. The third kappa shape index (κ3) is 26.5. The quantitative estimate of drug-likeness (QED) is 0.0453. The summed E-state index contributed by atoms with van der Waals surface area (Å²) in [6, 6.07) is -5.44. The first-order valence-corrected chi connectivity index (χ1v) is 30.5. The molecule has 1 aromatic rings. The molecule has 22 nitrogen and oxygen atoms in total. The van der Waals surface area contributed by atoms with Gasteiger partial charge in [-0.05, 0) is 109 Å². The summed E-state index contributed by atoms with van der Waals surface area (Å²) in [5, 5.41) is 44.4. The molecule has 11 atom stereocenters. The molecule has 0 aliphatic carbocycles. The van der Waals surface area contributed by atoms with Crippen LogP contribution in [0.15, 0.2) is 24.3 Å². The highest BCUT2D eigenvalue weighted by Gasteiger charge is 2.38. The van der Waals surface area contributed by atoms with E-state index in [1.54, 1.807) is 53.7 Å². The van der Waals surface area contributed by atoms with Gasteiger partial charge >= 0.3 is 5.97 Å². The maximum absolute atomic E-state index is 14.3. The minimum Gasteiger partial charge on any atom is -0.508 e. The Morgan fingerprint density at radius 2 is 0.744 bits per heavy atom. The summed E-state index contributed by atoms with van der Waals surface area (Å²) in [5.74, 6) is -9.01. The summed E-state index contributed by atoms with van der Waals surface area (Å²) in [7, 11) is 0. The van der Waals surface area contributed by atoms with Gasteiger partial charge in [-0.2, -0.15) is 11.8 Å². The second-order valence-corrected chi connectivity index (χ2v) is 25.5. The number of rotatable bonds is 37. The second kappa shape index (κ2) is 36.6. The maximum atomic E-state index is 14.3. The van der Waals surface area contributed by atoms with Gasteiger partial charge in [-0.1, -0.05) is 129 Å². The molecule has 0 radical (unpaired) electrons. The van der Waals surface area contributed by atoms with Crippen molar-refractivity contribution in [2.75, 3.05) is 12.0 Å². The minimum atomic E-state index is -1.22. The molecule has 1 aromatic carbocycles. The molecule has 1 rings (SSSR count). The van der Waals surface area contributed by atoms with Gasteiger partial charge in [0.15, 0.2) is 0 Å². The van der Waals surface area contributed by atoms with Crippen molar-refractivity contribution >= 4 is 70.9 Å². The third-order valence-electron chi connectivity index (χ3n) is 13.9. The van der Waals surface area contributed by atoms with Gasteiger partial charge in [0.1, 0.15) is 60.1 Å². The van der Waals surface area contributed by atoms with Crippen LogP contribution < -0.4 is 53.6 Å². The molecule has 0 bridgehead atoms. The van der Waals surface area contributed by atoms with Gasteiger partial charge in [-0.25, -0.2) is 4.79 Å². The molecular formula is C59H102N10O12S. The largest absolute Gasteiger partial charge is 0.508 e. The highest BCUT2D eigenvalue weighted by atomic mass is 32.2. The lowest BCUT2D eigenvalue weighted by Crippen LogP contribution is -2.62. The Bertz CT molecular complexity index is 2240. The molecule has 82 heavy (non-hydrogen) atoms. The first-order chi connectivity index (χ1) is 38.1. The first-order valence-electron chi connectivity index (χ1n) is 29.1. The van der Waals surface area contributed by atoms with Crippen LogP contribution in [0.25, 0.3) is 0 Å². The fraction of sp³-hybridized carbons (Fsp3) is 0.729. The molecule has 0 saturated carbocycles. The number of hydrogen-bond acceptors (Lipinski definition) is 13. The van der Waals surface area contributed by atoms with Crippen molar-refractivity contribution in [2.24, 2.45) is 53.1 Å². The number of carboxylic acids is 1. The van der Waals surface area contributed by atoms with Crippen molar-refractivity contribution in [3.63, 3.8) is 0 Å². The third-order valence-corrected chi connectivity index (χ3v) is 14.5. The molecule has 0 aliphatic heterocycles. The van der Waals surface area contributed by atoms with Gasteiger partial charge in [0.2, 0.25) is 53.2 Å². The summed E-state index contributed by atoms with van der Waals surface area (Å²) in [5.41, 5.74) is 6.84. The van der Waals surface area contributed by atoms with E-state index in [4.69, 9.17) is 5.73 Å². The molecule has 0 aromatic heterocycles. The van der Waals surface area contributed by atoms with E-state index in [1.807, 2.05) is 75.5 Å². The lowest BCUT2D eigenvalue weighted by atomic mass is 9.97. The molecule has 13 N–H and O–H groups in total. The van der Waals surface area contributed by atoms with Crippen LogP contribution in [0.2, 0.25) is 0 Å². The average molecular weight is 1180 g/mol. The summed E-state index contributed by atoms with van der Waals surface area (Å²) in [6.45, 7) is 28.7. The number of nitrogens with two attached hydrogens (primary N) is 1. The molecule has 0 heterocycles. The van der Waals surface area contributed by atoms with E-state index < -0.39 is 137 Å². The van der Waals surface area contributed by atoms with Crippen LogP contribution in [-0.2, 0) is 54.4 Å². The number of thioether (sulfide) groups is 1. The second-order valence-electron chi connectivity index (χ2n) is 24.5. The molecule has 0 fully saturated rings. The monoisotopic (exact) mass is 1170 g/mol. The topological polar surface area (TPSA) is 345 Å². The number of carbonyl (C=O) groups excluding carboxylic acids is 9. The van der Waals surface area contributed by atoms with Crippen molar-refractivity contribution < 1.29 is 58.2 Å². The highest BCUT2D eigenvalue weighted by molar-refractivity contribution is 7.98. The van der Waals surface area contributed by atoms with Gasteiger partial charge in [-0.15, -0.1) is 0 Å². The van der Waals surface area contributed by atoms with Gasteiger partial charge in [0.25, 0.3) is 0 Å². The summed E-state index contributed by atoms with van der Waals surface area (Å²) in [4.78, 5) is 138. The van der Waals surface area contributed by atoms with Crippen LogP contribution in [0.4, 0.5) is 0 Å². The SMILES string of the molecule is CC[C@H](C)[C@H](N)C(=O)N[C@@H](Cc1ccc(O)cc1)C(=O)N[C@H](C(=O)N[C@@H](CC(C)C)C(=O)N[C@H](C(=O)N[C@@H](CCSC)C(=O)N[C@@H](CC(C)C)C(=O)N[C@H](C(=O)N[C@@H](CC(C)C)C(=O)N[C@@H](CC(C)C)C(=O)O)C(C)C)C(C)C)C(C)C. The van der Waals surface area contributed by atoms with E-state index in [-0.39, 0.29) is 73.9 Å². The average Bonchev–Trinajstić information content (AvgIpc) is 3.48. The fourth-order valence-electron chi connectivity index (χ4n) is 8.86. The normalized spacial score (nSPS) is 15.7. The number of benzene rings is 1. The van der Waals surface area contributed by atoms with Gasteiger partial charge in [0.05, 0.1) is 6.04 Å². The van der Waals surface area contributed by atoms with Crippen molar-refractivity contribution in [2.45, 2.75) is 216 Å². The number of phenolic OH excluding ortho intramolecular Hbond substituents is 1. The Morgan fingerprint density at radius 3 is 1.09 bits per heavy atom.